The van der Waals surface area contributed by atoms with Crippen molar-refractivity contribution < 1.29 is 0 Å². The van der Waals surface area contributed by atoms with Crippen LogP contribution in [0.1, 0.15) is 19.8 Å². The fraction of sp³-hybridized carbons (Fsp3) is 0.667. The minimum absolute atomic E-state index is 0.652. The molecule has 7 heavy (non-hydrogen) atoms. The highest BCUT2D eigenvalue weighted by molar-refractivity contribution is 6.17. The molecule has 0 saturated heterocycles. The minimum Gasteiger partial charge on any atom is -0.126 e. The first-order chi connectivity index (χ1) is 3.31. The third kappa shape index (κ3) is 3.87. The first-order valence-corrected chi connectivity index (χ1v) is 3.00. The molecule has 0 heterocycles. The van der Waals surface area contributed by atoms with Crippen molar-refractivity contribution in [3.8, 4) is 0 Å². The van der Waals surface area contributed by atoms with Crippen LogP contribution in [0.2, 0.25) is 0 Å². The van der Waals surface area contributed by atoms with Crippen molar-refractivity contribution in [1.82, 2.24) is 0 Å². The molecule has 0 saturated carbocycles. The van der Waals surface area contributed by atoms with Gasteiger partial charge in [0, 0.05) is 5.88 Å². The van der Waals surface area contributed by atoms with E-state index in [-0.39, 0.29) is 0 Å². The Bertz CT molecular complexity index is 57.2. The van der Waals surface area contributed by atoms with E-state index in [4.69, 9.17) is 18.2 Å². The summed E-state index contributed by atoms with van der Waals surface area (Å²) in [4.78, 5) is 0. The van der Waals surface area contributed by atoms with Crippen LogP contribution < -0.4 is 0 Å². The van der Waals surface area contributed by atoms with Crippen molar-refractivity contribution in [3.63, 3.8) is 0 Å². The van der Waals surface area contributed by atoms with E-state index in [0.29, 0.717) is 5.88 Å². The van der Waals surface area contributed by atoms with Gasteiger partial charge in [0.15, 0.2) is 0 Å². The Morgan fingerprint density at radius 3 is 2.43 bits per heavy atom. The molecule has 0 spiro atoms. The average molecular weight is 118 g/mol. The van der Waals surface area contributed by atoms with Crippen LogP contribution in [0.25, 0.3) is 0 Å². The van der Waals surface area contributed by atoms with Gasteiger partial charge in [0.2, 0.25) is 0 Å². The van der Waals surface area contributed by atoms with Gasteiger partial charge in [-0.1, -0.05) is 19.1 Å². The fourth-order valence-electron chi connectivity index (χ4n) is 0.298. The molecule has 0 aromatic heterocycles. The van der Waals surface area contributed by atoms with Gasteiger partial charge in [-0.25, -0.2) is 0 Å². The highest BCUT2D eigenvalue weighted by Crippen LogP contribution is 2.01. The first-order valence-electron chi connectivity index (χ1n) is 2.47. The van der Waals surface area contributed by atoms with Gasteiger partial charge >= 0.3 is 0 Å². The molecular formula is C6H10Cl. The van der Waals surface area contributed by atoms with Gasteiger partial charge < -0.3 is 0 Å². The number of halogens is 1. The number of allylic oxidation sites excluding steroid dienone is 1. The molecule has 0 nitrogen and oxygen atoms in total. The van der Waals surface area contributed by atoms with Crippen molar-refractivity contribution in [2.75, 3.05) is 5.88 Å². The lowest BCUT2D eigenvalue weighted by atomic mass is 10.2. The molecule has 0 aromatic rings. The van der Waals surface area contributed by atoms with E-state index >= 15 is 0 Å². The summed E-state index contributed by atoms with van der Waals surface area (Å²) in [6.45, 7) is 7.45. The summed E-state index contributed by atoms with van der Waals surface area (Å²) in [6.07, 6.45) is 1.81. The molecule has 0 aliphatic heterocycles. The Kier molecular flexibility index (Phi) is 4.21. The second-order valence-electron chi connectivity index (χ2n) is 1.45. The van der Waals surface area contributed by atoms with Crippen LogP contribution in [0.3, 0.4) is 0 Å². The summed E-state index contributed by atoms with van der Waals surface area (Å²) in [5.74, 6) is 0.652. The normalized spacial score (nSPS) is 8.86. The average Bonchev–Trinajstić information content (AvgIpc) is 1.68. The third-order valence-electron chi connectivity index (χ3n) is 0.870. The molecule has 1 heteroatoms. The lowest BCUT2D eigenvalue weighted by Gasteiger charge is -1.92. The molecule has 0 aromatic carbocycles. The van der Waals surface area contributed by atoms with Crippen LogP contribution in [0, 0.1) is 6.58 Å². The quantitative estimate of drug-likeness (QED) is 0.498. The number of rotatable bonds is 3. The van der Waals surface area contributed by atoms with Crippen molar-refractivity contribution in [2.45, 2.75) is 19.8 Å². The summed E-state index contributed by atoms with van der Waals surface area (Å²) in [6, 6.07) is 0. The Morgan fingerprint density at radius 1 is 1.71 bits per heavy atom. The van der Waals surface area contributed by atoms with Crippen molar-refractivity contribution >= 4 is 11.6 Å². The fourth-order valence-corrected chi connectivity index (χ4v) is 0.541. The van der Waals surface area contributed by atoms with Crippen LogP contribution in [0.4, 0.5) is 0 Å². The second-order valence-corrected chi connectivity index (χ2v) is 1.83. The van der Waals surface area contributed by atoms with E-state index in [1.54, 1.807) is 0 Å². The second kappa shape index (κ2) is 4.20. The highest BCUT2D eigenvalue weighted by atomic mass is 35.5. The van der Waals surface area contributed by atoms with Gasteiger partial charge in [0.05, 0.1) is 0 Å². The molecule has 0 amide bonds. The Balaban J connectivity index is 3.00. The standard InChI is InChI=1S/C6H10Cl/c1-3-6(2)4-5-7/h2H,3-5H2,1H3. The zero-order chi connectivity index (χ0) is 5.70. The lowest BCUT2D eigenvalue weighted by Crippen LogP contribution is -1.77. The van der Waals surface area contributed by atoms with Crippen LogP contribution in [-0.4, -0.2) is 5.88 Å². The maximum atomic E-state index is 5.42. The summed E-state index contributed by atoms with van der Waals surface area (Å²) >= 11 is 5.37. The molecule has 0 rings (SSSR count). The van der Waals surface area contributed by atoms with Gasteiger partial charge in [-0.2, -0.15) is 0 Å². The molecule has 0 fully saturated rings. The topological polar surface area (TPSA) is 0 Å². The van der Waals surface area contributed by atoms with Crippen LogP contribution in [0.5, 0.6) is 0 Å². The molecular weight excluding hydrogens is 108 g/mol. The minimum atomic E-state index is 0.652. The Labute approximate surface area is 50.2 Å². The Hall–Kier alpha value is 0.0300. The molecule has 41 valence electrons. The summed E-state index contributed by atoms with van der Waals surface area (Å²) in [5.41, 5.74) is 0.995. The molecule has 0 bridgehead atoms. The van der Waals surface area contributed by atoms with Crippen molar-refractivity contribution in [3.05, 3.63) is 12.2 Å². The molecule has 1 radical (unpaired) electrons. The summed E-state index contributed by atoms with van der Waals surface area (Å²) < 4.78 is 0. The third-order valence-corrected chi connectivity index (χ3v) is 1.06. The maximum absolute atomic E-state index is 5.42. The van der Waals surface area contributed by atoms with E-state index in [1.807, 2.05) is 6.92 Å². The van der Waals surface area contributed by atoms with Gasteiger partial charge in [-0.3, -0.25) is 0 Å². The highest BCUT2D eigenvalue weighted by Gasteiger charge is 1.85. The van der Waals surface area contributed by atoms with Gasteiger partial charge in [-0.05, 0) is 12.8 Å². The van der Waals surface area contributed by atoms with Gasteiger partial charge in [0.25, 0.3) is 0 Å². The van der Waals surface area contributed by atoms with E-state index in [1.165, 1.54) is 0 Å². The van der Waals surface area contributed by atoms with Crippen molar-refractivity contribution in [1.29, 1.82) is 0 Å². The molecule has 0 unspecified atom stereocenters. The van der Waals surface area contributed by atoms with Gasteiger partial charge in [-0.15, -0.1) is 11.6 Å². The molecule has 0 aliphatic carbocycles. The monoisotopic (exact) mass is 117 g/mol. The zero-order valence-electron chi connectivity index (χ0n) is 4.58. The van der Waals surface area contributed by atoms with Crippen LogP contribution >= 0.6 is 11.6 Å². The Morgan fingerprint density at radius 2 is 2.29 bits per heavy atom. The van der Waals surface area contributed by atoms with Crippen LogP contribution in [0.15, 0.2) is 5.57 Å². The van der Waals surface area contributed by atoms with E-state index in [0.717, 1.165) is 18.4 Å². The first kappa shape index (κ1) is 7.03. The smallest absolute Gasteiger partial charge is 0.0260 e. The molecule has 0 atom stereocenters. The number of alkyl halides is 1. The summed E-state index contributed by atoms with van der Waals surface area (Å²) in [5, 5.41) is 0. The van der Waals surface area contributed by atoms with Crippen LogP contribution in [-0.2, 0) is 0 Å². The number of hydrogen-bond donors (Lipinski definition) is 0. The lowest BCUT2D eigenvalue weighted by molar-refractivity contribution is 0.987. The van der Waals surface area contributed by atoms with E-state index in [2.05, 4.69) is 0 Å². The SMILES string of the molecule is [CH]=C(CC)CCCl. The summed E-state index contributed by atoms with van der Waals surface area (Å²) in [7, 11) is 0. The van der Waals surface area contributed by atoms with E-state index in [9.17, 15) is 0 Å². The number of hydrogen-bond acceptors (Lipinski definition) is 0. The largest absolute Gasteiger partial charge is 0.126 e. The molecule has 0 N–H and O–H groups in total. The van der Waals surface area contributed by atoms with Gasteiger partial charge in [0.1, 0.15) is 0 Å². The van der Waals surface area contributed by atoms with Crippen molar-refractivity contribution in [2.24, 2.45) is 0 Å². The van der Waals surface area contributed by atoms with E-state index < -0.39 is 0 Å². The predicted octanol–water partition coefficient (Wildman–Crippen LogP) is 2.38. The zero-order valence-corrected chi connectivity index (χ0v) is 5.33. The predicted molar refractivity (Wildman–Crippen MR) is 33.4 cm³/mol. The maximum Gasteiger partial charge on any atom is 0.0260 e. The molecule has 0 aliphatic rings.